The lowest BCUT2D eigenvalue weighted by Crippen LogP contribution is -2.47. The van der Waals surface area contributed by atoms with Gasteiger partial charge in [0.15, 0.2) is 0 Å². The van der Waals surface area contributed by atoms with E-state index in [9.17, 15) is 14.4 Å². The molecule has 2 N–H and O–H groups in total. The van der Waals surface area contributed by atoms with Crippen LogP contribution in [0.3, 0.4) is 0 Å². The molecule has 0 aromatic heterocycles. The molecule has 106 valence electrons. The Kier molecular flexibility index (Phi) is 4.24. The Morgan fingerprint density at radius 3 is 2.79 bits per heavy atom. The molecule has 0 aromatic rings. The molecule has 0 radical (unpaired) electrons. The van der Waals surface area contributed by atoms with Gasteiger partial charge in [0, 0.05) is 25.7 Å². The van der Waals surface area contributed by atoms with E-state index in [0.29, 0.717) is 13.1 Å². The fourth-order valence-electron chi connectivity index (χ4n) is 2.19. The van der Waals surface area contributed by atoms with Crippen molar-refractivity contribution >= 4 is 17.9 Å². The van der Waals surface area contributed by atoms with Crippen LogP contribution in [0.2, 0.25) is 0 Å². The zero-order valence-corrected chi connectivity index (χ0v) is 10.8. The lowest BCUT2D eigenvalue weighted by Gasteiger charge is -2.29. The van der Waals surface area contributed by atoms with Crippen LogP contribution >= 0.6 is 0 Å². The first-order valence-corrected chi connectivity index (χ1v) is 6.62. The molecule has 19 heavy (non-hydrogen) atoms. The van der Waals surface area contributed by atoms with Gasteiger partial charge in [-0.3, -0.25) is 9.59 Å². The topological polar surface area (TPSA) is 89.9 Å². The van der Waals surface area contributed by atoms with Crippen molar-refractivity contribution in [2.45, 2.75) is 31.7 Å². The first-order chi connectivity index (χ1) is 9.08. The average Bonchev–Trinajstić information content (AvgIpc) is 3.16. The molecule has 0 atom stereocenters. The SMILES string of the molecule is O=C(O)CCN(C(=O)N1CCCNC(=O)C1)C1CC1. The van der Waals surface area contributed by atoms with Crippen LogP contribution in [-0.4, -0.2) is 65.0 Å². The smallest absolute Gasteiger partial charge is 0.320 e. The van der Waals surface area contributed by atoms with E-state index in [1.165, 1.54) is 4.90 Å². The number of aliphatic carboxylic acids is 1. The van der Waals surface area contributed by atoms with Gasteiger partial charge < -0.3 is 20.2 Å². The molecule has 2 rings (SSSR count). The van der Waals surface area contributed by atoms with Crippen molar-refractivity contribution in [3.05, 3.63) is 0 Å². The van der Waals surface area contributed by atoms with E-state index in [-0.39, 0.29) is 37.5 Å². The minimum absolute atomic E-state index is 0.0533. The third kappa shape index (κ3) is 3.84. The second-order valence-electron chi connectivity index (χ2n) is 4.98. The number of urea groups is 1. The summed E-state index contributed by atoms with van der Waals surface area (Å²) >= 11 is 0. The van der Waals surface area contributed by atoms with E-state index in [0.717, 1.165) is 19.3 Å². The van der Waals surface area contributed by atoms with Gasteiger partial charge in [0.05, 0.1) is 6.42 Å². The van der Waals surface area contributed by atoms with Crippen molar-refractivity contribution in [2.75, 3.05) is 26.2 Å². The van der Waals surface area contributed by atoms with Crippen molar-refractivity contribution in [3.8, 4) is 0 Å². The molecule has 0 unspecified atom stereocenters. The van der Waals surface area contributed by atoms with Crippen molar-refractivity contribution < 1.29 is 19.5 Å². The summed E-state index contributed by atoms with van der Waals surface area (Å²) in [5.41, 5.74) is 0. The molecule has 7 heteroatoms. The van der Waals surface area contributed by atoms with Gasteiger partial charge in [-0.2, -0.15) is 0 Å². The van der Waals surface area contributed by atoms with Gasteiger partial charge in [0.2, 0.25) is 5.91 Å². The van der Waals surface area contributed by atoms with Gasteiger partial charge in [-0.1, -0.05) is 0 Å². The molecule has 2 fully saturated rings. The van der Waals surface area contributed by atoms with E-state index in [1.807, 2.05) is 0 Å². The number of nitrogens with zero attached hydrogens (tertiary/aromatic N) is 2. The number of hydrogen-bond acceptors (Lipinski definition) is 3. The predicted molar refractivity (Wildman–Crippen MR) is 66.6 cm³/mol. The van der Waals surface area contributed by atoms with E-state index < -0.39 is 5.97 Å². The standard InChI is InChI=1S/C12H19N3O4/c16-10-8-14(6-1-5-13-10)12(19)15(9-2-3-9)7-4-11(17)18/h9H,1-8H2,(H,13,16)(H,17,18). The minimum Gasteiger partial charge on any atom is -0.481 e. The molecule has 0 spiro atoms. The highest BCUT2D eigenvalue weighted by Gasteiger charge is 2.35. The molecule has 0 aromatic carbocycles. The average molecular weight is 269 g/mol. The molecule has 0 bridgehead atoms. The zero-order valence-electron chi connectivity index (χ0n) is 10.8. The summed E-state index contributed by atoms with van der Waals surface area (Å²) in [5.74, 6) is -1.06. The van der Waals surface area contributed by atoms with Crippen LogP contribution in [0.1, 0.15) is 25.7 Å². The Morgan fingerprint density at radius 1 is 1.42 bits per heavy atom. The van der Waals surface area contributed by atoms with Crippen LogP contribution < -0.4 is 5.32 Å². The zero-order chi connectivity index (χ0) is 13.8. The Morgan fingerprint density at radius 2 is 2.16 bits per heavy atom. The number of hydrogen-bond donors (Lipinski definition) is 2. The Labute approximate surface area is 111 Å². The summed E-state index contributed by atoms with van der Waals surface area (Å²) < 4.78 is 0. The van der Waals surface area contributed by atoms with Crippen LogP contribution in [0.25, 0.3) is 0 Å². The molecule has 7 nitrogen and oxygen atoms in total. The Hall–Kier alpha value is -1.79. The van der Waals surface area contributed by atoms with Crippen LogP contribution in [0, 0.1) is 0 Å². The summed E-state index contributed by atoms with van der Waals surface area (Å²) in [4.78, 5) is 37.6. The first-order valence-electron chi connectivity index (χ1n) is 6.62. The van der Waals surface area contributed by atoms with Gasteiger partial charge in [-0.05, 0) is 19.3 Å². The van der Waals surface area contributed by atoms with Gasteiger partial charge in [0.1, 0.15) is 6.54 Å². The van der Waals surface area contributed by atoms with Gasteiger partial charge in [-0.25, -0.2) is 4.79 Å². The number of nitrogens with one attached hydrogen (secondary N) is 1. The maximum absolute atomic E-state index is 12.4. The fourth-order valence-corrected chi connectivity index (χ4v) is 2.19. The first kappa shape index (κ1) is 13.6. The van der Waals surface area contributed by atoms with Gasteiger partial charge in [-0.15, -0.1) is 0 Å². The number of carbonyl (C=O) groups is 3. The molecular formula is C12H19N3O4. The maximum atomic E-state index is 12.4. The van der Waals surface area contributed by atoms with E-state index in [2.05, 4.69) is 5.32 Å². The highest BCUT2D eigenvalue weighted by molar-refractivity contribution is 5.84. The van der Waals surface area contributed by atoms with Crippen LogP contribution in [0.15, 0.2) is 0 Å². The van der Waals surface area contributed by atoms with E-state index in [4.69, 9.17) is 5.11 Å². The molecule has 2 aliphatic rings. The number of rotatable bonds is 4. The molecule has 1 aliphatic heterocycles. The van der Waals surface area contributed by atoms with E-state index in [1.54, 1.807) is 4.90 Å². The third-order valence-electron chi connectivity index (χ3n) is 3.33. The maximum Gasteiger partial charge on any atom is 0.320 e. The molecule has 1 saturated carbocycles. The second-order valence-corrected chi connectivity index (χ2v) is 4.98. The fraction of sp³-hybridized carbons (Fsp3) is 0.750. The summed E-state index contributed by atoms with van der Waals surface area (Å²) in [6, 6.07) is -0.0565. The van der Waals surface area contributed by atoms with Crippen molar-refractivity contribution in [1.82, 2.24) is 15.1 Å². The minimum atomic E-state index is -0.910. The normalized spacial score (nSPS) is 19.6. The number of carbonyl (C=O) groups excluding carboxylic acids is 2. The van der Waals surface area contributed by atoms with Gasteiger partial charge in [0.25, 0.3) is 0 Å². The molecular weight excluding hydrogens is 250 g/mol. The lowest BCUT2D eigenvalue weighted by molar-refractivity contribution is -0.137. The highest BCUT2D eigenvalue weighted by Crippen LogP contribution is 2.28. The van der Waals surface area contributed by atoms with Crippen molar-refractivity contribution in [3.63, 3.8) is 0 Å². The lowest BCUT2D eigenvalue weighted by atomic mass is 10.3. The summed E-state index contributed by atoms with van der Waals surface area (Å²) in [7, 11) is 0. The van der Waals surface area contributed by atoms with Gasteiger partial charge >= 0.3 is 12.0 Å². The van der Waals surface area contributed by atoms with Crippen LogP contribution in [0.4, 0.5) is 4.79 Å². The number of amides is 3. The summed E-state index contributed by atoms with van der Waals surface area (Å²) in [6.45, 7) is 1.40. The third-order valence-corrected chi connectivity index (χ3v) is 3.33. The molecule has 1 aliphatic carbocycles. The number of carboxylic acid groups (broad SMARTS) is 1. The van der Waals surface area contributed by atoms with E-state index >= 15 is 0 Å². The van der Waals surface area contributed by atoms with Crippen molar-refractivity contribution in [1.29, 1.82) is 0 Å². The highest BCUT2D eigenvalue weighted by atomic mass is 16.4. The predicted octanol–water partition coefficient (Wildman–Crippen LogP) is -0.133. The molecule has 3 amide bonds. The summed E-state index contributed by atoms with van der Waals surface area (Å²) in [6.07, 6.45) is 2.52. The quantitative estimate of drug-likeness (QED) is 0.743. The second kappa shape index (κ2) is 5.90. The van der Waals surface area contributed by atoms with Crippen LogP contribution in [0.5, 0.6) is 0 Å². The molecule has 1 heterocycles. The Bertz CT molecular complexity index is 381. The van der Waals surface area contributed by atoms with Crippen LogP contribution in [-0.2, 0) is 9.59 Å². The van der Waals surface area contributed by atoms with Crippen molar-refractivity contribution in [2.24, 2.45) is 0 Å². The monoisotopic (exact) mass is 269 g/mol. The molecule has 1 saturated heterocycles. The largest absolute Gasteiger partial charge is 0.481 e. The Balaban J connectivity index is 1.97. The summed E-state index contributed by atoms with van der Waals surface area (Å²) in [5, 5.41) is 11.4. The number of carboxylic acids is 1.